The number of hydrogen-bond donors (Lipinski definition) is 0. The second-order valence-corrected chi connectivity index (χ2v) is 3.67. The van der Waals surface area contributed by atoms with Gasteiger partial charge in [0.25, 0.3) is 0 Å². The van der Waals surface area contributed by atoms with E-state index in [1.807, 2.05) is 12.3 Å². The highest BCUT2D eigenvalue weighted by Gasteiger charge is 2.18. The summed E-state index contributed by atoms with van der Waals surface area (Å²) < 4.78 is 5.34. The fourth-order valence-corrected chi connectivity index (χ4v) is 1.85. The van der Waals surface area contributed by atoms with Crippen molar-refractivity contribution < 1.29 is 4.74 Å². The van der Waals surface area contributed by atoms with E-state index in [0.29, 0.717) is 6.04 Å². The van der Waals surface area contributed by atoms with Gasteiger partial charge in [0.05, 0.1) is 11.9 Å². The fourth-order valence-electron chi connectivity index (χ4n) is 1.85. The Bertz CT molecular complexity index is 279. The zero-order valence-electron chi connectivity index (χ0n) is 9.33. The molecule has 2 rings (SSSR count). The minimum atomic E-state index is 0. The maximum Gasteiger partial charge on any atom is 0.0552 e. The summed E-state index contributed by atoms with van der Waals surface area (Å²) in [6, 6.07) is 4.68. The maximum atomic E-state index is 5.34. The second-order valence-electron chi connectivity index (χ2n) is 3.67. The van der Waals surface area contributed by atoms with Gasteiger partial charge in [0.15, 0.2) is 0 Å². The van der Waals surface area contributed by atoms with Gasteiger partial charge >= 0.3 is 0 Å². The van der Waals surface area contributed by atoms with Gasteiger partial charge in [0, 0.05) is 32.5 Å². The lowest BCUT2D eigenvalue weighted by molar-refractivity contribution is 0.0855. The lowest BCUT2D eigenvalue weighted by Crippen LogP contribution is -2.36. The first-order valence-corrected chi connectivity index (χ1v) is 5.08. The minimum absolute atomic E-state index is 0. The molecular weight excluding hydrogens is 247 g/mol. The maximum absolute atomic E-state index is 5.34. The van der Waals surface area contributed by atoms with E-state index in [9.17, 15) is 0 Å². The van der Waals surface area contributed by atoms with Crippen molar-refractivity contribution in [1.29, 1.82) is 0 Å². The van der Waals surface area contributed by atoms with E-state index in [1.54, 1.807) is 6.20 Å². The molecule has 3 nitrogen and oxygen atoms in total. The SMILES string of the molecule is CN(c1cccnc1)C1CCOCC1.Cl.Cl. The molecule has 92 valence electrons. The molecule has 0 unspecified atom stereocenters. The van der Waals surface area contributed by atoms with Crippen molar-refractivity contribution in [1.82, 2.24) is 4.98 Å². The lowest BCUT2D eigenvalue weighted by atomic mass is 10.1. The predicted octanol–water partition coefficient (Wildman–Crippen LogP) is 2.54. The zero-order valence-corrected chi connectivity index (χ0v) is 11.0. The summed E-state index contributed by atoms with van der Waals surface area (Å²) in [4.78, 5) is 6.43. The Morgan fingerprint density at radius 3 is 2.56 bits per heavy atom. The third-order valence-corrected chi connectivity index (χ3v) is 2.79. The van der Waals surface area contributed by atoms with Gasteiger partial charge in [-0.15, -0.1) is 24.8 Å². The van der Waals surface area contributed by atoms with E-state index in [1.165, 1.54) is 5.69 Å². The first-order valence-electron chi connectivity index (χ1n) is 5.08. The Balaban J connectivity index is 0.00000112. The van der Waals surface area contributed by atoms with Gasteiger partial charge in [-0.1, -0.05) is 0 Å². The van der Waals surface area contributed by atoms with Gasteiger partial charge in [0.1, 0.15) is 0 Å². The topological polar surface area (TPSA) is 25.4 Å². The van der Waals surface area contributed by atoms with E-state index in [4.69, 9.17) is 4.74 Å². The number of halogens is 2. The second kappa shape index (κ2) is 7.71. The third kappa shape index (κ3) is 3.81. The molecule has 1 aromatic heterocycles. The quantitative estimate of drug-likeness (QED) is 0.821. The highest BCUT2D eigenvalue weighted by Crippen LogP contribution is 2.19. The standard InChI is InChI=1S/C11H16N2O.2ClH/c1-13(10-4-7-14-8-5-10)11-3-2-6-12-9-11;;/h2-3,6,9-10H,4-5,7-8H2,1H3;2*1H. The van der Waals surface area contributed by atoms with Crippen molar-refractivity contribution in [3.8, 4) is 0 Å². The molecule has 0 N–H and O–H groups in total. The van der Waals surface area contributed by atoms with Gasteiger partial charge in [-0.05, 0) is 25.0 Å². The first-order chi connectivity index (χ1) is 6.88. The normalized spacial score (nSPS) is 15.8. The molecule has 5 heteroatoms. The van der Waals surface area contributed by atoms with Crippen LogP contribution in [-0.2, 0) is 4.74 Å². The van der Waals surface area contributed by atoms with E-state index in [-0.39, 0.29) is 24.8 Å². The summed E-state index contributed by atoms with van der Waals surface area (Å²) in [6.45, 7) is 1.77. The predicted molar refractivity (Wildman–Crippen MR) is 71.0 cm³/mol. The van der Waals surface area contributed by atoms with Crippen LogP contribution in [0.3, 0.4) is 0 Å². The van der Waals surface area contributed by atoms with Crippen LogP contribution in [0.25, 0.3) is 0 Å². The van der Waals surface area contributed by atoms with Crippen molar-refractivity contribution in [2.24, 2.45) is 0 Å². The molecule has 2 heterocycles. The molecule has 0 atom stereocenters. The number of nitrogens with zero attached hydrogens (tertiary/aromatic N) is 2. The zero-order chi connectivity index (χ0) is 9.80. The van der Waals surface area contributed by atoms with Crippen LogP contribution in [0.15, 0.2) is 24.5 Å². The molecular formula is C11H18Cl2N2O. The third-order valence-electron chi connectivity index (χ3n) is 2.79. The summed E-state index contributed by atoms with van der Waals surface area (Å²) in [5.41, 5.74) is 1.19. The van der Waals surface area contributed by atoms with Crippen molar-refractivity contribution in [3.05, 3.63) is 24.5 Å². The molecule has 0 amide bonds. The molecule has 1 fully saturated rings. The molecule has 0 radical (unpaired) electrons. The van der Waals surface area contributed by atoms with Crippen molar-refractivity contribution in [2.75, 3.05) is 25.2 Å². The molecule has 0 bridgehead atoms. The summed E-state index contributed by atoms with van der Waals surface area (Å²) in [6.07, 6.45) is 5.95. The van der Waals surface area contributed by atoms with E-state index < -0.39 is 0 Å². The Kier molecular flexibility index (Phi) is 7.47. The van der Waals surface area contributed by atoms with Gasteiger partial charge in [-0.25, -0.2) is 0 Å². The molecule has 1 aliphatic heterocycles. The first kappa shape index (κ1) is 15.5. The van der Waals surface area contributed by atoms with E-state index >= 15 is 0 Å². The van der Waals surface area contributed by atoms with Crippen molar-refractivity contribution in [3.63, 3.8) is 0 Å². The van der Waals surface area contributed by atoms with Crippen LogP contribution >= 0.6 is 24.8 Å². The molecule has 0 aliphatic carbocycles. The average Bonchev–Trinajstić information content (AvgIpc) is 2.30. The summed E-state index contributed by atoms with van der Waals surface area (Å²) in [5.74, 6) is 0. The van der Waals surface area contributed by atoms with Gasteiger partial charge < -0.3 is 9.64 Å². The largest absolute Gasteiger partial charge is 0.381 e. The smallest absolute Gasteiger partial charge is 0.0552 e. The number of aromatic nitrogens is 1. The highest BCUT2D eigenvalue weighted by atomic mass is 35.5. The number of pyridine rings is 1. The molecule has 16 heavy (non-hydrogen) atoms. The lowest BCUT2D eigenvalue weighted by Gasteiger charge is -2.32. The molecule has 1 saturated heterocycles. The highest BCUT2D eigenvalue weighted by molar-refractivity contribution is 5.85. The summed E-state index contributed by atoms with van der Waals surface area (Å²) in [7, 11) is 2.13. The summed E-state index contributed by atoms with van der Waals surface area (Å²) in [5, 5.41) is 0. The van der Waals surface area contributed by atoms with Gasteiger partial charge in [-0.2, -0.15) is 0 Å². The number of hydrogen-bond acceptors (Lipinski definition) is 3. The molecule has 0 aromatic carbocycles. The molecule has 0 spiro atoms. The van der Waals surface area contributed by atoms with Crippen LogP contribution in [0.1, 0.15) is 12.8 Å². The van der Waals surface area contributed by atoms with E-state index in [0.717, 1.165) is 26.1 Å². The monoisotopic (exact) mass is 264 g/mol. The number of rotatable bonds is 2. The van der Waals surface area contributed by atoms with Gasteiger partial charge in [-0.3, -0.25) is 4.98 Å². The van der Waals surface area contributed by atoms with Crippen LogP contribution in [-0.4, -0.2) is 31.3 Å². The Hall–Kier alpha value is -0.510. The Labute approximate surface area is 109 Å². The summed E-state index contributed by atoms with van der Waals surface area (Å²) >= 11 is 0. The Morgan fingerprint density at radius 1 is 1.31 bits per heavy atom. The van der Waals surface area contributed by atoms with Gasteiger partial charge in [0.2, 0.25) is 0 Å². The van der Waals surface area contributed by atoms with Crippen LogP contribution in [0.5, 0.6) is 0 Å². The Morgan fingerprint density at radius 2 is 2.00 bits per heavy atom. The fraction of sp³-hybridized carbons (Fsp3) is 0.545. The van der Waals surface area contributed by atoms with Crippen LogP contribution in [0.4, 0.5) is 5.69 Å². The molecule has 0 saturated carbocycles. The van der Waals surface area contributed by atoms with Crippen LogP contribution in [0, 0.1) is 0 Å². The number of ether oxygens (including phenoxy) is 1. The van der Waals surface area contributed by atoms with Crippen molar-refractivity contribution >= 4 is 30.5 Å². The average molecular weight is 265 g/mol. The van der Waals surface area contributed by atoms with Crippen molar-refractivity contribution in [2.45, 2.75) is 18.9 Å². The van der Waals surface area contributed by atoms with E-state index in [2.05, 4.69) is 23.0 Å². The van der Waals surface area contributed by atoms with Crippen LogP contribution < -0.4 is 4.90 Å². The number of anilines is 1. The van der Waals surface area contributed by atoms with Crippen LogP contribution in [0.2, 0.25) is 0 Å². The minimum Gasteiger partial charge on any atom is -0.381 e. The molecule has 1 aliphatic rings. The molecule has 1 aromatic rings.